The first kappa shape index (κ1) is 8.90. The number of thiocarbonyl (C=S) groups is 1. The number of fused-ring (bicyclic) bond motifs is 3. The number of nitrogens with two attached hydrogens (primary N) is 1. The van der Waals surface area contributed by atoms with Gasteiger partial charge in [-0.1, -0.05) is 0 Å². The van der Waals surface area contributed by atoms with Crippen molar-refractivity contribution in [3.8, 4) is 0 Å². The molecule has 3 aliphatic heterocycles. The van der Waals surface area contributed by atoms with Crippen molar-refractivity contribution in [3.05, 3.63) is 0 Å². The second-order valence-electron chi connectivity index (χ2n) is 3.78. The molecule has 4 N–H and O–H groups in total. The molecule has 3 saturated heterocycles. The summed E-state index contributed by atoms with van der Waals surface area (Å²) in [4.78, 5) is 1.64. The van der Waals surface area contributed by atoms with Gasteiger partial charge < -0.3 is 10.6 Å². The van der Waals surface area contributed by atoms with Crippen LogP contribution in [0.25, 0.3) is 0 Å². The van der Waals surface area contributed by atoms with E-state index in [0.717, 1.165) is 6.54 Å². The maximum atomic E-state index is 5.31. The number of hydrogen-bond acceptors (Lipinski definition) is 2. The summed E-state index contributed by atoms with van der Waals surface area (Å²) in [6, 6.07) is 0. The van der Waals surface area contributed by atoms with E-state index in [1.54, 1.807) is 4.90 Å². The predicted molar refractivity (Wildman–Crippen MR) is 55.6 cm³/mol. The molecule has 0 aromatic heterocycles. The van der Waals surface area contributed by atoms with E-state index >= 15 is 0 Å². The minimum Gasteiger partial charge on any atom is -0.375 e. The van der Waals surface area contributed by atoms with Gasteiger partial charge in [-0.15, -0.1) is 0 Å². The summed E-state index contributed by atoms with van der Waals surface area (Å²) in [6.07, 6.45) is 2.54. The minimum absolute atomic E-state index is 0.263. The Balaban J connectivity index is 2.00. The Morgan fingerprint density at radius 2 is 2.23 bits per heavy atom. The van der Waals surface area contributed by atoms with Crippen molar-refractivity contribution in [1.29, 1.82) is 0 Å². The SMILES string of the molecule is NC(=S)N/N=C1/C[NH+]2CCC1CC2. The van der Waals surface area contributed by atoms with E-state index in [1.165, 1.54) is 31.6 Å². The molecule has 0 saturated carbocycles. The minimum atomic E-state index is 0.263. The number of hydrazone groups is 1. The summed E-state index contributed by atoms with van der Waals surface area (Å²) in [5.41, 5.74) is 9.25. The summed E-state index contributed by atoms with van der Waals surface area (Å²) in [6.45, 7) is 3.67. The summed E-state index contributed by atoms with van der Waals surface area (Å²) in [7, 11) is 0. The molecule has 3 fully saturated rings. The molecule has 5 heteroatoms. The van der Waals surface area contributed by atoms with Gasteiger partial charge in [0.15, 0.2) is 5.11 Å². The fourth-order valence-corrected chi connectivity index (χ4v) is 2.24. The number of rotatable bonds is 1. The van der Waals surface area contributed by atoms with Crippen LogP contribution in [0.1, 0.15) is 12.8 Å². The lowest BCUT2D eigenvalue weighted by molar-refractivity contribution is -0.902. The van der Waals surface area contributed by atoms with Gasteiger partial charge in [0.2, 0.25) is 0 Å². The molecule has 0 aromatic carbocycles. The van der Waals surface area contributed by atoms with Crippen LogP contribution in [-0.4, -0.2) is 30.5 Å². The molecular weight excluding hydrogens is 184 g/mol. The standard InChI is InChI=1S/C8H14N4S/c9-8(13)11-10-7-5-12-3-1-6(7)2-4-12/h6H,1-5H2,(H3,9,11,13)/p+1/b10-7-. The fraction of sp³-hybridized carbons (Fsp3) is 0.750. The summed E-state index contributed by atoms with van der Waals surface area (Å²) >= 11 is 4.70. The second kappa shape index (κ2) is 3.59. The first-order valence-electron chi connectivity index (χ1n) is 4.71. The quantitative estimate of drug-likeness (QED) is 0.355. The van der Waals surface area contributed by atoms with E-state index in [4.69, 9.17) is 18.0 Å². The topological polar surface area (TPSA) is 54.8 Å². The fourth-order valence-electron chi connectivity index (χ4n) is 2.19. The third kappa shape index (κ3) is 1.97. The highest BCUT2D eigenvalue weighted by Gasteiger charge is 2.34. The summed E-state index contributed by atoms with van der Waals surface area (Å²) in [5, 5.41) is 4.51. The van der Waals surface area contributed by atoms with Crippen LogP contribution in [0.5, 0.6) is 0 Å². The molecular formula is C8H15N4S+. The molecule has 3 aliphatic rings. The predicted octanol–water partition coefficient (Wildman–Crippen LogP) is -1.52. The Kier molecular flexibility index (Phi) is 2.46. The molecule has 2 bridgehead atoms. The van der Waals surface area contributed by atoms with Crippen molar-refractivity contribution in [2.45, 2.75) is 12.8 Å². The van der Waals surface area contributed by atoms with Crippen LogP contribution in [0.3, 0.4) is 0 Å². The first-order chi connectivity index (χ1) is 6.25. The molecule has 0 spiro atoms. The smallest absolute Gasteiger partial charge is 0.184 e. The van der Waals surface area contributed by atoms with Gasteiger partial charge >= 0.3 is 0 Å². The van der Waals surface area contributed by atoms with Gasteiger partial charge in [0.05, 0.1) is 18.8 Å². The largest absolute Gasteiger partial charge is 0.375 e. The molecule has 0 unspecified atom stereocenters. The molecule has 3 rings (SSSR count). The van der Waals surface area contributed by atoms with Crippen LogP contribution >= 0.6 is 12.2 Å². The number of nitrogens with zero attached hydrogens (tertiary/aromatic N) is 1. The molecule has 0 radical (unpaired) electrons. The maximum Gasteiger partial charge on any atom is 0.184 e. The summed E-state index contributed by atoms with van der Waals surface area (Å²) < 4.78 is 0. The summed E-state index contributed by atoms with van der Waals surface area (Å²) in [5.74, 6) is 0.680. The molecule has 0 atom stereocenters. The Hall–Kier alpha value is -0.680. The van der Waals surface area contributed by atoms with E-state index in [1.807, 2.05) is 0 Å². The average molecular weight is 199 g/mol. The highest BCUT2D eigenvalue weighted by molar-refractivity contribution is 7.80. The second-order valence-corrected chi connectivity index (χ2v) is 4.22. The van der Waals surface area contributed by atoms with Crippen molar-refractivity contribution in [2.75, 3.05) is 19.6 Å². The van der Waals surface area contributed by atoms with E-state index < -0.39 is 0 Å². The third-order valence-electron chi connectivity index (χ3n) is 2.90. The zero-order valence-electron chi connectivity index (χ0n) is 7.55. The molecule has 4 nitrogen and oxygen atoms in total. The van der Waals surface area contributed by atoms with Gasteiger partial charge in [-0.05, 0) is 12.2 Å². The van der Waals surface area contributed by atoms with E-state index in [0.29, 0.717) is 5.92 Å². The number of piperidine rings is 3. The number of hydrogen-bond donors (Lipinski definition) is 3. The Bertz CT molecular complexity index is 243. The zero-order chi connectivity index (χ0) is 9.26. The van der Waals surface area contributed by atoms with Gasteiger partial charge in [0.25, 0.3) is 0 Å². The number of nitrogens with one attached hydrogen (secondary N) is 2. The maximum absolute atomic E-state index is 5.31. The Morgan fingerprint density at radius 1 is 1.54 bits per heavy atom. The molecule has 0 aromatic rings. The lowest BCUT2D eigenvalue weighted by atomic mass is 9.87. The monoisotopic (exact) mass is 199 g/mol. The molecule has 0 amide bonds. The van der Waals surface area contributed by atoms with Crippen LogP contribution < -0.4 is 16.1 Å². The Labute approximate surface area is 83.2 Å². The van der Waals surface area contributed by atoms with Crippen LogP contribution in [0, 0.1) is 5.92 Å². The molecule has 13 heavy (non-hydrogen) atoms. The lowest BCUT2D eigenvalue weighted by Crippen LogP contribution is -3.16. The highest BCUT2D eigenvalue weighted by Crippen LogP contribution is 2.14. The third-order valence-corrected chi connectivity index (χ3v) is 3.00. The van der Waals surface area contributed by atoms with Gasteiger partial charge in [0.1, 0.15) is 6.54 Å². The van der Waals surface area contributed by atoms with Crippen LogP contribution in [-0.2, 0) is 0 Å². The molecule has 0 aliphatic carbocycles. The highest BCUT2D eigenvalue weighted by atomic mass is 32.1. The number of quaternary nitrogens is 1. The van der Waals surface area contributed by atoms with Crippen molar-refractivity contribution >= 4 is 23.0 Å². The van der Waals surface area contributed by atoms with Crippen molar-refractivity contribution in [2.24, 2.45) is 16.8 Å². The van der Waals surface area contributed by atoms with Gasteiger partial charge in [-0.25, -0.2) is 0 Å². The van der Waals surface area contributed by atoms with Crippen LogP contribution in [0.2, 0.25) is 0 Å². The Morgan fingerprint density at radius 3 is 2.69 bits per heavy atom. The van der Waals surface area contributed by atoms with E-state index in [9.17, 15) is 0 Å². The van der Waals surface area contributed by atoms with Crippen molar-refractivity contribution < 1.29 is 4.90 Å². The van der Waals surface area contributed by atoms with E-state index in [-0.39, 0.29) is 5.11 Å². The first-order valence-corrected chi connectivity index (χ1v) is 5.12. The van der Waals surface area contributed by atoms with Crippen molar-refractivity contribution in [1.82, 2.24) is 5.43 Å². The van der Waals surface area contributed by atoms with Crippen LogP contribution in [0.15, 0.2) is 5.10 Å². The van der Waals surface area contributed by atoms with Crippen molar-refractivity contribution in [3.63, 3.8) is 0 Å². The molecule has 72 valence electrons. The lowest BCUT2D eigenvalue weighted by Gasteiger charge is -2.36. The zero-order valence-corrected chi connectivity index (χ0v) is 8.36. The average Bonchev–Trinajstić information content (AvgIpc) is 2.17. The van der Waals surface area contributed by atoms with E-state index in [2.05, 4.69) is 10.5 Å². The van der Waals surface area contributed by atoms with Gasteiger partial charge in [-0.2, -0.15) is 5.10 Å². The van der Waals surface area contributed by atoms with Gasteiger partial charge in [-0.3, -0.25) is 5.43 Å². The van der Waals surface area contributed by atoms with Gasteiger partial charge in [0, 0.05) is 18.8 Å². The van der Waals surface area contributed by atoms with Crippen LogP contribution in [0.4, 0.5) is 0 Å². The molecule has 3 heterocycles. The normalized spacial score (nSPS) is 34.9.